The highest BCUT2D eigenvalue weighted by molar-refractivity contribution is 5.56. The van der Waals surface area contributed by atoms with E-state index in [2.05, 4.69) is 24.1 Å². The molecule has 0 amide bonds. The summed E-state index contributed by atoms with van der Waals surface area (Å²) >= 11 is 0. The van der Waals surface area contributed by atoms with Crippen molar-refractivity contribution >= 4 is 11.5 Å². The highest BCUT2D eigenvalue weighted by atomic mass is 16.6. The topological polar surface area (TPSA) is 68.1 Å². The average molecular weight is 263 g/mol. The van der Waals surface area contributed by atoms with Gasteiger partial charge in [0, 0.05) is 17.8 Å². The molecule has 1 fully saturated rings. The molecule has 1 heterocycles. The van der Waals surface area contributed by atoms with Crippen molar-refractivity contribution in [1.82, 2.24) is 4.98 Å². The van der Waals surface area contributed by atoms with Crippen LogP contribution >= 0.6 is 0 Å². The van der Waals surface area contributed by atoms with E-state index < -0.39 is 0 Å². The first-order chi connectivity index (χ1) is 8.87. The molecule has 1 aliphatic rings. The van der Waals surface area contributed by atoms with Crippen molar-refractivity contribution < 1.29 is 4.92 Å². The molecule has 5 nitrogen and oxygen atoms in total. The van der Waals surface area contributed by atoms with E-state index in [1.54, 1.807) is 6.07 Å². The quantitative estimate of drug-likeness (QED) is 0.667. The Morgan fingerprint density at radius 3 is 2.84 bits per heavy atom. The highest BCUT2D eigenvalue weighted by Gasteiger charge is 2.29. The van der Waals surface area contributed by atoms with E-state index in [1.165, 1.54) is 12.5 Å². The Hall–Kier alpha value is -1.65. The van der Waals surface area contributed by atoms with E-state index in [9.17, 15) is 10.1 Å². The SMILES string of the molecule is Cc1ccc([N+](=O)[O-])c(NC2CCCC(C)(C)C2)n1. The van der Waals surface area contributed by atoms with Gasteiger partial charge in [0.1, 0.15) is 0 Å². The smallest absolute Gasteiger partial charge is 0.311 e. The van der Waals surface area contributed by atoms with Crippen molar-refractivity contribution in [3.8, 4) is 0 Å². The molecule has 1 atom stereocenters. The molecule has 0 radical (unpaired) electrons. The van der Waals surface area contributed by atoms with Crippen LogP contribution in [0.25, 0.3) is 0 Å². The minimum atomic E-state index is -0.372. The monoisotopic (exact) mass is 263 g/mol. The van der Waals surface area contributed by atoms with E-state index in [1.807, 2.05) is 6.92 Å². The summed E-state index contributed by atoms with van der Waals surface area (Å²) in [5.41, 5.74) is 1.16. The third-order valence-electron chi connectivity index (χ3n) is 3.76. The minimum absolute atomic E-state index is 0.0639. The molecule has 0 spiro atoms. The Balaban J connectivity index is 2.18. The van der Waals surface area contributed by atoms with Crippen LogP contribution < -0.4 is 5.32 Å². The van der Waals surface area contributed by atoms with Crippen molar-refractivity contribution in [2.75, 3.05) is 5.32 Å². The molecule has 5 heteroatoms. The third kappa shape index (κ3) is 3.43. The maximum Gasteiger partial charge on any atom is 0.311 e. The largest absolute Gasteiger partial charge is 0.362 e. The number of hydrogen-bond donors (Lipinski definition) is 1. The molecule has 1 aliphatic carbocycles. The van der Waals surface area contributed by atoms with Gasteiger partial charge >= 0.3 is 5.69 Å². The number of anilines is 1. The van der Waals surface area contributed by atoms with Gasteiger partial charge in [0.2, 0.25) is 5.82 Å². The lowest BCUT2D eigenvalue weighted by atomic mass is 9.75. The molecule has 0 aromatic carbocycles. The van der Waals surface area contributed by atoms with Crippen molar-refractivity contribution in [1.29, 1.82) is 0 Å². The summed E-state index contributed by atoms with van der Waals surface area (Å²) in [4.78, 5) is 14.9. The van der Waals surface area contributed by atoms with Gasteiger partial charge in [0.15, 0.2) is 0 Å². The normalized spacial score (nSPS) is 21.9. The summed E-state index contributed by atoms with van der Waals surface area (Å²) in [7, 11) is 0. The number of rotatable bonds is 3. The fourth-order valence-electron chi connectivity index (χ4n) is 2.82. The van der Waals surface area contributed by atoms with Crippen LogP contribution in [0.2, 0.25) is 0 Å². The Bertz CT molecular complexity index is 486. The van der Waals surface area contributed by atoms with E-state index in [-0.39, 0.29) is 16.7 Å². The predicted molar refractivity (Wildman–Crippen MR) is 75.3 cm³/mol. The average Bonchev–Trinajstić information content (AvgIpc) is 2.27. The van der Waals surface area contributed by atoms with Crippen molar-refractivity contribution in [2.45, 2.75) is 52.5 Å². The highest BCUT2D eigenvalue weighted by Crippen LogP contribution is 2.37. The molecule has 0 saturated heterocycles. The lowest BCUT2D eigenvalue weighted by Gasteiger charge is -2.35. The van der Waals surface area contributed by atoms with E-state index in [0.29, 0.717) is 11.2 Å². The van der Waals surface area contributed by atoms with E-state index in [0.717, 1.165) is 25.0 Å². The van der Waals surface area contributed by atoms with E-state index >= 15 is 0 Å². The number of hydrogen-bond acceptors (Lipinski definition) is 4. The summed E-state index contributed by atoms with van der Waals surface area (Å²) in [6.45, 7) is 6.34. The van der Waals surface area contributed by atoms with Gasteiger partial charge in [-0.25, -0.2) is 4.98 Å². The molecule has 104 valence electrons. The number of nitrogens with one attached hydrogen (secondary N) is 1. The Kier molecular flexibility index (Phi) is 3.73. The van der Waals surface area contributed by atoms with Crippen LogP contribution in [0.5, 0.6) is 0 Å². The Morgan fingerprint density at radius 2 is 2.21 bits per heavy atom. The molecule has 1 N–H and O–H groups in total. The van der Waals surface area contributed by atoms with Crippen LogP contribution in [-0.2, 0) is 0 Å². The second-order valence-electron chi connectivity index (χ2n) is 6.18. The van der Waals surface area contributed by atoms with Crippen LogP contribution in [0.4, 0.5) is 11.5 Å². The summed E-state index contributed by atoms with van der Waals surface area (Å²) in [5.74, 6) is 0.410. The molecule has 19 heavy (non-hydrogen) atoms. The number of aryl methyl sites for hydroxylation is 1. The number of nitrogens with zero attached hydrogens (tertiary/aromatic N) is 2. The van der Waals surface area contributed by atoms with Gasteiger partial charge in [-0.3, -0.25) is 10.1 Å². The van der Waals surface area contributed by atoms with Crippen LogP contribution in [0, 0.1) is 22.5 Å². The molecule has 1 aromatic rings. The molecule has 0 bridgehead atoms. The van der Waals surface area contributed by atoms with Crippen LogP contribution in [0.1, 0.15) is 45.2 Å². The molecular formula is C14H21N3O2. The fraction of sp³-hybridized carbons (Fsp3) is 0.643. The number of pyridine rings is 1. The van der Waals surface area contributed by atoms with Crippen LogP contribution in [-0.4, -0.2) is 15.9 Å². The lowest BCUT2D eigenvalue weighted by Crippen LogP contribution is -2.32. The summed E-state index contributed by atoms with van der Waals surface area (Å²) in [6, 6.07) is 3.48. The van der Waals surface area contributed by atoms with Crippen LogP contribution in [0.3, 0.4) is 0 Å². The zero-order chi connectivity index (χ0) is 14.0. The van der Waals surface area contributed by atoms with Gasteiger partial charge in [0.05, 0.1) is 4.92 Å². The third-order valence-corrected chi connectivity index (χ3v) is 3.76. The maximum atomic E-state index is 11.0. The maximum absolute atomic E-state index is 11.0. The number of aromatic nitrogens is 1. The van der Waals surface area contributed by atoms with Crippen molar-refractivity contribution in [2.24, 2.45) is 5.41 Å². The van der Waals surface area contributed by atoms with Gasteiger partial charge in [-0.05, 0) is 37.7 Å². The van der Waals surface area contributed by atoms with Gasteiger partial charge in [-0.2, -0.15) is 0 Å². The zero-order valence-electron chi connectivity index (χ0n) is 11.8. The molecule has 0 aliphatic heterocycles. The standard InChI is InChI=1S/C14H21N3O2/c1-10-6-7-12(17(18)19)13(15-10)16-11-5-4-8-14(2,3)9-11/h6-7,11H,4-5,8-9H2,1-3H3,(H,15,16). The fourth-order valence-corrected chi connectivity index (χ4v) is 2.82. The minimum Gasteiger partial charge on any atom is -0.362 e. The van der Waals surface area contributed by atoms with Gasteiger partial charge in [-0.15, -0.1) is 0 Å². The molecule has 2 rings (SSSR count). The molecule has 1 saturated carbocycles. The Morgan fingerprint density at radius 1 is 1.47 bits per heavy atom. The Labute approximate surface area is 113 Å². The van der Waals surface area contributed by atoms with Crippen molar-refractivity contribution in [3.05, 3.63) is 27.9 Å². The van der Waals surface area contributed by atoms with E-state index in [4.69, 9.17) is 0 Å². The van der Waals surface area contributed by atoms with Gasteiger partial charge in [0.25, 0.3) is 0 Å². The van der Waals surface area contributed by atoms with Crippen molar-refractivity contribution in [3.63, 3.8) is 0 Å². The van der Waals surface area contributed by atoms with Gasteiger partial charge in [-0.1, -0.05) is 20.3 Å². The summed E-state index contributed by atoms with van der Waals surface area (Å²) in [5, 5.41) is 14.3. The van der Waals surface area contributed by atoms with Gasteiger partial charge < -0.3 is 5.32 Å². The second-order valence-corrected chi connectivity index (χ2v) is 6.18. The lowest BCUT2D eigenvalue weighted by molar-refractivity contribution is -0.384. The zero-order valence-corrected chi connectivity index (χ0v) is 11.8. The summed E-state index contributed by atoms with van der Waals surface area (Å²) in [6.07, 6.45) is 4.45. The summed E-state index contributed by atoms with van der Waals surface area (Å²) < 4.78 is 0. The molecule has 1 aromatic heterocycles. The molecule has 1 unspecified atom stereocenters. The molecular weight excluding hydrogens is 242 g/mol. The first kappa shape index (κ1) is 13.8. The van der Waals surface area contributed by atoms with Crippen LogP contribution in [0.15, 0.2) is 12.1 Å². The first-order valence-electron chi connectivity index (χ1n) is 6.76. The number of nitro groups is 1. The second kappa shape index (κ2) is 5.15. The predicted octanol–water partition coefficient (Wildman–Crippen LogP) is 3.68. The first-order valence-corrected chi connectivity index (χ1v) is 6.76.